The number of hydrogen-bond donors (Lipinski definition) is 0. The van der Waals surface area contributed by atoms with Crippen molar-refractivity contribution in [3.05, 3.63) is 65.0 Å². The van der Waals surface area contributed by atoms with Gasteiger partial charge in [0, 0.05) is 11.1 Å². The zero-order valence-corrected chi connectivity index (χ0v) is 10.9. The first-order valence-electron chi connectivity index (χ1n) is 5.93. The van der Waals surface area contributed by atoms with Crippen molar-refractivity contribution in [1.82, 2.24) is 0 Å². The molecule has 21 heavy (non-hydrogen) atoms. The van der Waals surface area contributed by atoms with Crippen molar-refractivity contribution >= 4 is 5.78 Å². The Morgan fingerprint density at radius 3 is 2.33 bits per heavy atom. The standard InChI is InChI=1S/C15H10F4O2/c1-9-7-11(5-6-13(9)16)14(20)10-3-2-4-12(8-10)21-15(17,18)19/h2-8H,1H3. The SMILES string of the molecule is Cc1cc(C(=O)c2cccc(OC(F)(F)F)c2)ccc1F. The van der Waals surface area contributed by atoms with Crippen LogP contribution in [0.5, 0.6) is 5.75 Å². The van der Waals surface area contributed by atoms with Crippen LogP contribution in [0.2, 0.25) is 0 Å². The number of ether oxygens (including phenoxy) is 1. The summed E-state index contributed by atoms with van der Waals surface area (Å²) >= 11 is 0. The summed E-state index contributed by atoms with van der Waals surface area (Å²) in [5, 5.41) is 0. The van der Waals surface area contributed by atoms with E-state index < -0.39 is 23.7 Å². The van der Waals surface area contributed by atoms with E-state index >= 15 is 0 Å². The summed E-state index contributed by atoms with van der Waals surface area (Å²) in [6, 6.07) is 8.50. The lowest BCUT2D eigenvalue weighted by Gasteiger charge is -2.10. The number of benzene rings is 2. The lowest BCUT2D eigenvalue weighted by atomic mass is 10.0. The van der Waals surface area contributed by atoms with E-state index in [1.165, 1.54) is 31.2 Å². The second kappa shape index (κ2) is 5.55. The number of aryl methyl sites for hydroxylation is 1. The van der Waals surface area contributed by atoms with Crippen LogP contribution < -0.4 is 4.74 Å². The molecule has 0 heterocycles. The summed E-state index contributed by atoms with van der Waals surface area (Å²) in [6.45, 7) is 1.50. The molecule has 0 atom stereocenters. The fourth-order valence-corrected chi connectivity index (χ4v) is 1.79. The first kappa shape index (κ1) is 15.0. The second-order valence-electron chi connectivity index (χ2n) is 4.37. The highest BCUT2D eigenvalue weighted by atomic mass is 19.4. The number of alkyl halides is 3. The zero-order chi connectivity index (χ0) is 15.6. The van der Waals surface area contributed by atoms with Crippen molar-refractivity contribution in [2.45, 2.75) is 13.3 Å². The van der Waals surface area contributed by atoms with Gasteiger partial charge in [0.05, 0.1) is 0 Å². The summed E-state index contributed by atoms with van der Waals surface area (Å²) in [6.07, 6.45) is -4.83. The van der Waals surface area contributed by atoms with Crippen molar-refractivity contribution in [1.29, 1.82) is 0 Å². The molecule has 0 bridgehead atoms. The predicted molar refractivity (Wildman–Crippen MR) is 67.7 cm³/mol. The Labute approximate surface area is 118 Å². The van der Waals surface area contributed by atoms with Crippen molar-refractivity contribution in [2.24, 2.45) is 0 Å². The molecular formula is C15H10F4O2. The van der Waals surface area contributed by atoms with Gasteiger partial charge in [-0.05, 0) is 42.8 Å². The average Bonchev–Trinajstić information content (AvgIpc) is 2.39. The minimum absolute atomic E-state index is 0.0303. The maximum absolute atomic E-state index is 13.2. The molecule has 2 rings (SSSR count). The van der Waals surface area contributed by atoms with E-state index in [4.69, 9.17) is 0 Å². The molecule has 0 N–H and O–H groups in total. The Bertz CT molecular complexity index is 678. The summed E-state index contributed by atoms with van der Waals surface area (Å²) in [4.78, 5) is 12.2. The Hall–Kier alpha value is -2.37. The van der Waals surface area contributed by atoms with Gasteiger partial charge in [0.1, 0.15) is 11.6 Å². The van der Waals surface area contributed by atoms with Crippen molar-refractivity contribution in [3.8, 4) is 5.75 Å². The third-order valence-electron chi connectivity index (χ3n) is 2.75. The van der Waals surface area contributed by atoms with E-state index in [1.54, 1.807) is 0 Å². The molecule has 0 saturated carbocycles. The molecule has 0 spiro atoms. The van der Waals surface area contributed by atoms with Gasteiger partial charge in [-0.3, -0.25) is 4.79 Å². The largest absolute Gasteiger partial charge is 0.573 e. The average molecular weight is 298 g/mol. The molecule has 0 aromatic heterocycles. The van der Waals surface area contributed by atoms with E-state index in [0.717, 1.165) is 18.2 Å². The number of ketones is 1. The van der Waals surface area contributed by atoms with Gasteiger partial charge in [-0.2, -0.15) is 0 Å². The van der Waals surface area contributed by atoms with Gasteiger partial charge in [0.2, 0.25) is 0 Å². The molecule has 0 fully saturated rings. The molecule has 0 aliphatic carbocycles. The maximum atomic E-state index is 13.2. The molecule has 0 radical (unpaired) electrons. The van der Waals surface area contributed by atoms with Crippen LogP contribution in [-0.2, 0) is 0 Å². The van der Waals surface area contributed by atoms with E-state index in [1.807, 2.05) is 0 Å². The van der Waals surface area contributed by atoms with Crippen LogP contribution >= 0.6 is 0 Å². The Balaban J connectivity index is 2.31. The Morgan fingerprint density at radius 1 is 1.05 bits per heavy atom. The fourth-order valence-electron chi connectivity index (χ4n) is 1.79. The number of carbonyl (C=O) groups is 1. The van der Waals surface area contributed by atoms with Crippen molar-refractivity contribution in [2.75, 3.05) is 0 Å². The van der Waals surface area contributed by atoms with Gasteiger partial charge < -0.3 is 4.74 Å². The van der Waals surface area contributed by atoms with Gasteiger partial charge in [0.25, 0.3) is 0 Å². The minimum atomic E-state index is -4.83. The fraction of sp³-hybridized carbons (Fsp3) is 0.133. The summed E-state index contributed by atoms with van der Waals surface area (Å²) in [5.41, 5.74) is 0.504. The smallest absolute Gasteiger partial charge is 0.406 e. The van der Waals surface area contributed by atoms with Gasteiger partial charge in [0.15, 0.2) is 5.78 Å². The zero-order valence-electron chi connectivity index (χ0n) is 10.9. The quantitative estimate of drug-likeness (QED) is 0.625. The van der Waals surface area contributed by atoms with Crippen LogP contribution in [0.1, 0.15) is 21.5 Å². The summed E-state index contributed by atoms with van der Waals surface area (Å²) in [5.74, 6) is -1.45. The number of halogens is 4. The lowest BCUT2D eigenvalue weighted by molar-refractivity contribution is -0.274. The molecule has 2 aromatic carbocycles. The first-order chi connectivity index (χ1) is 9.76. The van der Waals surface area contributed by atoms with Gasteiger partial charge in [-0.15, -0.1) is 13.2 Å². The highest BCUT2D eigenvalue weighted by Gasteiger charge is 2.31. The molecular weight excluding hydrogens is 288 g/mol. The highest BCUT2D eigenvalue weighted by Crippen LogP contribution is 2.24. The summed E-state index contributed by atoms with van der Waals surface area (Å²) in [7, 11) is 0. The van der Waals surface area contributed by atoms with E-state index in [2.05, 4.69) is 4.74 Å². The van der Waals surface area contributed by atoms with E-state index in [0.29, 0.717) is 0 Å². The first-order valence-corrected chi connectivity index (χ1v) is 5.93. The number of hydrogen-bond acceptors (Lipinski definition) is 2. The predicted octanol–water partition coefficient (Wildman–Crippen LogP) is 4.26. The highest BCUT2D eigenvalue weighted by molar-refractivity contribution is 6.09. The van der Waals surface area contributed by atoms with Gasteiger partial charge in [-0.1, -0.05) is 12.1 Å². The summed E-state index contributed by atoms with van der Waals surface area (Å²) < 4.78 is 53.4. The van der Waals surface area contributed by atoms with Crippen molar-refractivity contribution in [3.63, 3.8) is 0 Å². The molecule has 0 amide bonds. The van der Waals surface area contributed by atoms with Crippen LogP contribution in [0, 0.1) is 12.7 Å². The van der Waals surface area contributed by atoms with E-state index in [9.17, 15) is 22.4 Å². The van der Waals surface area contributed by atoms with Crippen LogP contribution in [-0.4, -0.2) is 12.1 Å². The lowest BCUT2D eigenvalue weighted by Crippen LogP contribution is -2.17. The molecule has 0 aliphatic rings. The molecule has 2 nitrogen and oxygen atoms in total. The van der Waals surface area contributed by atoms with Gasteiger partial charge >= 0.3 is 6.36 Å². The topological polar surface area (TPSA) is 26.3 Å². The third kappa shape index (κ3) is 3.81. The molecule has 0 unspecified atom stereocenters. The van der Waals surface area contributed by atoms with Crippen LogP contribution in [0.25, 0.3) is 0 Å². The molecule has 6 heteroatoms. The second-order valence-corrected chi connectivity index (χ2v) is 4.37. The molecule has 110 valence electrons. The Kier molecular flexibility index (Phi) is 3.97. The number of carbonyl (C=O) groups excluding carboxylic acids is 1. The molecule has 0 saturated heterocycles. The Morgan fingerprint density at radius 2 is 1.71 bits per heavy atom. The van der Waals surface area contributed by atoms with Crippen LogP contribution in [0.3, 0.4) is 0 Å². The van der Waals surface area contributed by atoms with Gasteiger partial charge in [-0.25, -0.2) is 4.39 Å². The van der Waals surface area contributed by atoms with E-state index in [-0.39, 0.29) is 16.7 Å². The third-order valence-corrected chi connectivity index (χ3v) is 2.75. The number of rotatable bonds is 3. The van der Waals surface area contributed by atoms with Crippen LogP contribution in [0.4, 0.5) is 17.6 Å². The minimum Gasteiger partial charge on any atom is -0.406 e. The van der Waals surface area contributed by atoms with Crippen molar-refractivity contribution < 1.29 is 27.1 Å². The maximum Gasteiger partial charge on any atom is 0.573 e. The molecule has 0 aliphatic heterocycles. The normalized spacial score (nSPS) is 11.3. The monoisotopic (exact) mass is 298 g/mol. The molecule has 2 aromatic rings. The van der Waals surface area contributed by atoms with Crippen LogP contribution in [0.15, 0.2) is 42.5 Å².